The average molecular weight is 277 g/mol. The Morgan fingerprint density at radius 2 is 2.12 bits per heavy atom. The molecule has 0 saturated heterocycles. The second-order valence-electron chi connectivity index (χ2n) is 3.88. The van der Waals surface area contributed by atoms with Gasteiger partial charge in [-0.15, -0.1) is 0 Å². The highest BCUT2D eigenvalue weighted by atomic mass is 35.5. The van der Waals surface area contributed by atoms with Crippen molar-refractivity contribution in [2.24, 2.45) is 0 Å². The zero-order chi connectivity index (χ0) is 13.1. The van der Waals surface area contributed by atoms with Crippen molar-refractivity contribution in [3.63, 3.8) is 0 Å². The van der Waals surface area contributed by atoms with Crippen molar-refractivity contribution in [1.29, 1.82) is 0 Å². The van der Waals surface area contributed by atoms with Gasteiger partial charge >= 0.3 is 5.97 Å². The van der Waals surface area contributed by atoms with Gasteiger partial charge in [0, 0.05) is 15.6 Å². The van der Waals surface area contributed by atoms with E-state index in [0.29, 0.717) is 15.6 Å². The van der Waals surface area contributed by atoms with Crippen LogP contribution in [0, 0.1) is 0 Å². The number of esters is 1. The fraction of sp³-hybridized carbons (Fsp3) is 0.417. The molecule has 0 fully saturated rings. The molecule has 0 spiro atoms. The first-order chi connectivity index (χ1) is 7.86. The van der Waals surface area contributed by atoms with Crippen molar-refractivity contribution in [3.05, 3.63) is 33.8 Å². The van der Waals surface area contributed by atoms with Gasteiger partial charge in [0.05, 0.1) is 18.6 Å². The van der Waals surface area contributed by atoms with E-state index < -0.39 is 11.6 Å². The third kappa shape index (κ3) is 3.87. The smallest absolute Gasteiger partial charge is 0.309 e. The Balaban J connectivity index is 2.95. The number of rotatable bonds is 4. The van der Waals surface area contributed by atoms with Crippen LogP contribution in [0.1, 0.15) is 25.8 Å². The summed E-state index contributed by atoms with van der Waals surface area (Å²) in [7, 11) is 0. The molecular formula is C12H14Cl2O3. The van der Waals surface area contributed by atoms with Crippen molar-refractivity contribution in [3.8, 4) is 0 Å². The third-order valence-corrected chi connectivity index (χ3v) is 2.87. The Labute approximate surface area is 110 Å². The van der Waals surface area contributed by atoms with Gasteiger partial charge in [0.15, 0.2) is 0 Å². The van der Waals surface area contributed by atoms with Crippen LogP contribution in [-0.2, 0) is 15.1 Å². The molecular weight excluding hydrogens is 263 g/mol. The number of benzene rings is 1. The maximum absolute atomic E-state index is 11.4. The lowest BCUT2D eigenvalue weighted by Crippen LogP contribution is -2.26. The normalized spacial score (nSPS) is 14.2. The first-order valence-corrected chi connectivity index (χ1v) is 5.96. The van der Waals surface area contributed by atoms with Gasteiger partial charge < -0.3 is 9.84 Å². The fourth-order valence-electron chi connectivity index (χ4n) is 1.50. The van der Waals surface area contributed by atoms with Crippen LogP contribution < -0.4 is 0 Å². The van der Waals surface area contributed by atoms with E-state index in [-0.39, 0.29) is 13.0 Å². The molecule has 0 heterocycles. The van der Waals surface area contributed by atoms with Gasteiger partial charge in [-0.05, 0) is 32.0 Å². The Bertz CT molecular complexity index is 416. The van der Waals surface area contributed by atoms with Gasteiger partial charge in [-0.3, -0.25) is 4.79 Å². The largest absolute Gasteiger partial charge is 0.466 e. The topological polar surface area (TPSA) is 46.5 Å². The number of carbonyl (C=O) groups is 1. The first kappa shape index (κ1) is 14.3. The minimum atomic E-state index is -1.39. The number of carbonyl (C=O) groups excluding carboxylic acids is 1. The summed E-state index contributed by atoms with van der Waals surface area (Å²) in [5, 5.41) is 11.1. The Morgan fingerprint density at radius 1 is 1.47 bits per heavy atom. The van der Waals surface area contributed by atoms with Crippen LogP contribution in [0.2, 0.25) is 10.0 Å². The van der Waals surface area contributed by atoms with Gasteiger partial charge in [-0.25, -0.2) is 0 Å². The predicted octanol–water partition coefficient (Wildman–Crippen LogP) is 3.15. The quantitative estimate of drug-likeness (QED) is 0.860. The number of aliphatic hydroxyl groups is 1. The highest BCUT2D eigenvalue weighted by Crippen LogP contribution is 2.33. The summed E-state index contributed by atoms with van der Waals surface area (Å²) in [6.45, 7) is 3.48. The van der Waals surface area contributed by atoms with E-state index >= 15 is 0 Å². The summed E-state index contributed by atoms with van der Waals surface area (Å²) < 4.78 is 4.79. The maximum atomic E-state index is 11.4. The molecule has 0 aliphatic rings. The molecule has 94 valence electrons. The summed E-state index contributed by atoms with van der Waals surface area (Å²) in [5.74, 6) is -0.478. The summed E-state index contributed by atoms with van der Waals surface area (Å²) in [5.41, 5.74) is -0.978. The Hall–Kier alpha value is -0.770. The minimum absolute atomic E-state index is 0.166. The van der Waals surface area contributed by atoms with E-state index in [1.165, 1.54) is 6.92 Å². The summed E-state index contributed by atoms with van der Waals surface area (Å²) in [6, 6.07) is 4.75. The van der Waals surface area contributed by atoms with E-state index in [1.807, 2.05) is 0 Å². The molecule has 0 radical (unpaired) electrons. The predicted molar refractivity (Wildman–Crippen MR) is 67.3 cm³/mol. The van der Waals surface area contributed by atoms with E-state index in [4.69, 9.17) is 27.9 Å². The van der Waals surface area contributed by atoms with Crippen LogP contribution in [0.15, 0.2) is 18.2 Å². The van der Waals surface area contributed by atoms with E-state index in [9.17, 15) is 9.90 Å². The molecule has 1 aromatic carbocycles. The van der Waals surface area contributed by atoms with Gasteiger partial charge in [0.25, 0.3) is 0 Å². The van der Waals surface area contributed by atoms with Crippen molar-refractivity contribution in [1.82, 2.24) is 0 Å². The van der Waals surface area contributed by atoms with Crippen molar-refractivity contribution in [2.45, 2.75) is 25.9 Å². The Morgan fingerprint density at radius 3 is 2.71 bits per heavy atom. The number of ether oxygens (including phenoxy) is 1. The van der Waals surface area contributed by atoms with E-state index in [2.05, 4.69) is 0 Å². The van der Waals surface area contributed by atoms with Crippen LogP contribution in [0.5, 0.6) is 0 Å². The molecule has 1 atom stereocenters. The van der Waals surface area contributed by atoms with Crippen molar-refractivity contribution in [2.75, 3.05) is 6.61 Å². The highest BCUT2D eigenvalue weighted by molar-refractivity contribution is 6.33. The van der Waals surface area contributed by atoms with Crippen LogP contribution in [-0.4, -0.2) is 17.7 Å². The average Bonchev–Trinajstić information content (AvgIpc) is 2.21. The zero-order valence-electron chi connectivity index (χ0n) is 9.67. The molecule has 3 nitrogen and oxygen atoms in total. The van der Waals surface area contributed by atoms with Crippen LogP contribution >= 0.6 is 23.2 Å². The Kier molecular flexibility index (Phi) is 4.80. The molecule has 0 amide bonds. The van der Waals surface area contributed by atoms with Gasteiger partial charge in [0.2, 0.25) is 0 Å². The lowest BCUT2D eigenvalue weighted by atomic mass is 9.92. The lowest BCUT2D eigenvalue weighted by Gasteiger charge is -2.24. The van der Waals surface area contributed by atoms with Crippen LogP contribution in [0.25, 0.3) is 0 Å². The summed E-state index contributed by atoms with van der Waals surface area (Å²) >= 11 is 11.8. The zero-order valence-corrected chi connectivity index (χ0v) is 11.2. The third-order valence-electron chi connectivity index (χ3n) is 2.30. The molecule has 0 bridgehead atoms. The van der Waals surface area contributed by atoms with Crippen LogP contribution in [0.4, 0.5) is 0 Å². The number of hydrogen-bond donors (Lipinski definition) is 1. The van der Waals surface area contributed by atoms with Crippen molar-refractivity contribution < 1.29 is 14.6 Å². The highest BCUT2D eigenvalue weighted by Gasteiger charge is 2.29. The SMILES string of the molecule is CCOC(=O)CC(C)(O)c1cc(Cl)ccc1Cl. The molecule has 17 heavy (non-hydrogen) atoms. The van der Waals surface area contributed by atoms with E-state index in [1.54, 1.807) is 25.1 Å². The molecule has 5 heteroatoms. The molecule has 1 unspecified atom stereocenters. The first-order valence-electron chi connectivity index (χ1n) is 5.20. The van der Waals surface area contributed by atoms with Gasteiger partial charge in [-0.2, -0.15) is 0 Å². The van der Waals surface area contributed by atoms with Crippen LogP contribution in [0.3, 0.4) is 0 Å². The lowest BCUT2D eigenvalue weighted by molar-refractivity contribution is -0.148. The maximum Gasteiger partial charge on any atom is 0.309 e. The monoisotopic (exact) mass is 276 g/mol. The molecule has 1 aromatic rings. The summed E-state index contributed by atoms with van der Waals surface area (Å²) in [6.07, 6.45) is -0.166. The van der Waals surface area contributed by atoms with Gasteiger partial charge in [0.1, 0.15) is 0 Å². The standard InChI is InChI=1S/C12H14Cl2O3/c1-3-17-11(15)7-12(2,16)9-6-8(13)4-5-10(9)14/h4-6,16H,3,7H2,1-2H3. The van der Waals surface area contributed by atoms with Crippen molar-refractivity contribution >= 4 is 29.2 Å². The minimum Gasteiger partial charge on any atom is -0.466 e. The molecule has 0 aromatic heterocycles. The fourth-order valence-corrected chi connectivity index (χ4v) is 1.99. The van der Waals surface area contributed by atoms with Gasteiger partial charge in [-0.1, -0.05) is 23.2 Å². The molecule has 0 saturated carbocycles. The number of halogens is 2. The molecule has 1 N–H and O–H groups in total. The second-order valence-corrected chi connectivity index (χ2v) is 4.72. The molecule has 0 aliphatic carbocycles. The molecule has 1 rings (SSSR count). The second kappa shape index (κ2) is 5.71. The summed E-state index contributed by atoms with van der Waals surface area (Å²) in [4.78, 5) is 11.4. The molecule has 0 aliphatic heterocycles. The van der Waals surface area contributed by atoms with E-state index in [0.717, 1.165) is 0 Å². The number of hydrogen-bond acceptors (Lipinski definition) is 3.